The van der Waals surface area contributed by atoms with E-state index in [4.69, 9.17) is 11.6 Å². The van der Waals surface area contributed by atoms with E-state index in [1.807, 2.05) is 12.1 Å². The lowest BCUT2D eigenvalue weighted by atomic mass is 9.82. The Kier molecular flexibility index (Phi) is 4.48. The van der Waals surface area contributed by atoms with Crippen LogP contribution in [-0.4, -0.2) is 29.6 Å². The first-order chi connectivity index (χ1) is 9.18. The summed E-state index contributed by atoms with van der Waals surface area (Å²) in [4.78, 5) is 2.57. The number of nitrogens with one attached hydrogen (secondary N) is 1. The SMILES string of the molecule is CC(C)(C)C1CN(Cc2cccc(Cl)c2)C(C)(C)CN1. The van der Waals surface area contributed by atoms with Crippen LogP contribution in [0.4, 0.5) is 0 Å². The molecule has 1 aliphatic rings. The average molecular weight is 295 g/mol. The van der Waals surface area contributed by atoms with Crippen LogP contribution >= 0.6 is 11.6 Å². The molecule has 1 unspecified atom stereocenters. The lowest BCUT2D eigenvalue weighted by Gasteiger charge is -2.49. The second-order valence-corrected chi connectivity index (χ2v) is 8.06. The fraction of sp³-hybridized carbons (Fsp3) is 0.647. The molecule has 1 aliphatic heterocycles. The van der Waals surface area contributed by atoms with Gasteiger partial charge in [-0.05, 0) is 37.0 Å². The van der Waals surface area contributed by atoms with Gasteiger partial charge in [0.1, 0.15) is 0 Å². The Morgan fingerprint density at radius 3 is 2.65 bits per heavy atom. The smallest absolute Gasteiger partial charge is 0.0409 e. The van der Waals surface area contributed by atoms with Crippen molar-refractivity contribution < 1.29 is 0 Å². The summed E-state index contributed by atoms with van der Waals surface area (Å²) < 4.78 is 0. The van der Waals surface area contributed by atoms with Crippen molar-refractivity contribution in [2.24, 2.45) is 5.41 Å². The number of halogens is 1. The molecule has 1 saturated heterocycles. The van der Waals surface area contributed by atoms with E-state index in [2.05, 4.69) is 57.0 Å². The summed E-state index contributed by atoms with van der Waals surface area (Å²) in [6.07, 6.45) is 0. The molecule has 0 bridgehead atoms. The molecule has 0 aliphatic carbocycles. The van der Waals surface area contributed by atoms with Gasteiger partial charge in [-0.1, -0.05) is 44.5 Å². The van der Waals surface area contributed by atoms with Gasteiger partial charge in [0.05, 0.1) is 0 Å². The van der Waals surface area contributed by atoms with Crippen LogP contribution in [0.1, 0.15) is 40.2 Å². The van der Waals surface area contributed by atoms with Crippen LogP contribution in [0.5, 0.6) is 0 Å². The van der Waals surface area contributed by atoms with Crippen molar-refractivity contribution in [3.05, 3.63) is 34.9 Å². The Labute approximate surface area is 128 Å². The molecular formula is C17H27ClN2. The van der Waals surface area contributed by atoms with E-state index >= 15 is 0 Å². The van der Waals surface area contributed by atoms with E-state index in [-0.39, 0.29) is 11.0 Å². The fourth-order valence-corrected chi connectivity index (χ4v) is 2.94. The van der Waals surface area contributed by atoms with Gasteiger partial charge >= 0.3 is 0 Å². The van der Waals surface area contributed by atoms with Gasteiger partial charge in [0.25, 0.3) is 0 Å². The molecule has 0 aromatic heterocycles. The topological polar surface area (TPSA) is 15.3 Å². The van der Waals surface area contributed by atoms with E-state index in [1.165, 1.54) is 5.56 Å². The molecule has 1 heterocycles. The van der Waals surface area contributed by atoms with E-state index < -0.39 is 0 Å². The van der Waals surface area contributed by atoms with Crippen LogP contribution in [0.15, 0.2) is 24.3 Å². The van der Waals surface area contributed by atoms with E-state index in [0.29, 0.717) is 6.04 Å². The van der Waals surface area contributed by atoms with Crippen LogP contribution in [0, 0.1) is 5.41 Å². The van der Waals surface area contributed by atoms with Gasteiger partial charge in [-0.25, -0.2) is 0 Å². The molecule has 1 aromatic rings. The molecule has 0 amide bonds. The van der Waals surface area contributed by atoms with Crippen LogP contribution < -0.4 is 5.32 Å². The molecule has 2 nitrogen and oxygen atoms in total. The zero-order valence-corrected chi connectivity index (χ0v) is 14.1. The first-order valence-corrected chi connectivity index (χ1v) is 7.79. The molecule has 1 N–H and O–H groups in total. The largest absolute Gasteiger partial charge is 0.310 e. The van der Waals surface area contributed by atoms with Gasteiger partial charge in [0, 0.05) is 36.2 Å². The summed E-state index contributed by atoms with van der Waals surface area (Å²) >= 11 is 6.10. The minimum Gasteiger partial charge on any atom is -0.310 e. The van der Waals surface area contributed by atoms with Gasteiger partial charge < -0.3 is 5.32 Å². The van der Waals surface area contributed by atoms with Gasteiger partial charge in [-0.2, -0.15) is 0 Å². The third-order valence-corrected chi connectivity index (χ3v) is 4.58. The molecule has 0 saturated carbocycles. The fourth-order valence-electron chi connectivity index (χ4n) is 2.73. The molecule has 0 radical (unpaired) electrons. The third kappa shape index (κ3) is 3.75. The molecule has 3 heteroatoms. The van der Waals surface area contributed by atoms with Crippen LogP contribution in [0.2, 0.25) is 5.02 Å². The zero-order chi connectivity index (χ0) is 15.0. The second kappa shape index (κ2) is 5.67. The van der Waals surface area contributed by atoms with Crippen molar-refractivity contribution in [3.63, 3.8) is 0 Å². The molecule has 1 fully saturated rings. The predicted octanol–water partition coefficient (Wildman–Crippen LogP) is 3.94. The standard InChI is InChI=1S/C17H27ClN2/c1-16(2,3)15-11-20(17(4,5)12-19-15)10-13-7-6-8-14(18)9-13/h6-9,15,19H,10-12H2,1-5H3. The van der Waals surface area contributed by atoms with Gasteiger partial charge in [-0.15, -0.1) is 0 Å². The predicted molar refractivity (Wildman–Crippen MR) is 87.2 cm³/mol. The first kappa shape index (κ1) is 15.8. The number of piperazine rings is 1. The maximum atomic E-state index is 6.10. The Morgan fingerprint density at radius 1 is 1.35 bits per heavy atom. The third-order valence-electron chi connectivity index (χ3n) is 4.35. The Hall–Kier alpha value is -0.570. The van der Waals surface area contributed by atoms with E-state index in [9.17, 15) is 0 Å². The molecular weight excluding hydrogens is 268 g/mol. The normalized spacial score (nSPS) is 23.8. The highest BCUT2D eigenvalue weighted by atomic mass is 35.5. The van der Waals surface area contributed by atoms with Crippen LogP contribution in [0.3, 0.4) is 0 Å². The molecule has 20 heavy (non-hydrogen) atoms. The summed E-state index contributed by atoms with van der Waals surface area (Å²) in [6.45, 7) is 14.6. The Morgan fingerprint density at radius 2 is 2.05 bits per heavy atom. The van der Waals surface area contributed by atoms with Crippen molar-refractivity contribution in [1.82, 2.24) is 10.2 Å². The summed E-state index contributed by atoms with van der Waals surface area (Å²) in [6, 6.07) is 8.73. The van der Waals surface area contributed by atoms with Gasteiger partial charge in [-0.3, -0.25) is 4.90 Å². The van der Waals surface area contributed by atoms with Gasteiger partial charge in [0.15, 0.2) is 0 Å². The summed E-state index contributed by atoms with van der Waals surface area (Å²) in [7, 11) is 0. The minimum atomic E-state index is 0.171. The van der Waals surface area contributed by atoms with Gasteiger partial charge in [0.2, 0.25) is 0 Å². The maximum absolute atomic E-state index is 6.10. The maximum Gasteiger partial charge on any atom is 0.0409 e. The highest BCUT2D eigenvalue weighted by molar-refractivity contribution is 6.30. The summed E-state index contributed by atoms with van der Waals surface area (Å²) in [5, 5.41) is 4.53. The average Bonchev–Trinajstić information content (AvgIpc) is 2.30. The lowest BCUT2D eigenvalue weighted by Crippen LogP contribution is -2.64. The summed E-state index contributed by atoms with van der Waals surface area (Å²) in [5.41, 5.74) is 1.74. The second-order valence-electron chi connectivity index (χ2n) is 7.62. The molecule has 0 spiro atoms. The number of rotatable bonds is 2. The molecule has 2 rings (SSSR count). The Balaban J connectivity index is 2.14. The number of hydrogen-bond acceptors (Lipinski definition) is 2. The van der Waals surface area contributed by atoms with Crippen molar-refractivity contribution in [2.75, 3.05) is 13.1 Å². The van der Waals surface area contributed by atoms with Crippen molar-refractivity contribution >= 4 is 11.6 Å². The monoisotopic (exact) mass is 294 g/mol. The molecule has 1 atom stereocenters. The van der Waals surface area contributed by atoms with E-state index in [1.54, 1.807) is 0 Å². The van der Waals surface area contributed by atoms with E-state index in [0.717, 1.165) is 24.7 Å². The summed E-state index contributed by atoms with van der Waals surface area (Å²) in [5.74, 6) is 0. The minimum absolute atomic E-state index is 0.171. The number of benzene rings is 1. The van der Waals surface area contributed by atoms with Crippen molar-refractivity contribution in [3.8, 4) is 0 Å². The zero-order valence-electron chi connectivity index (χ0n) is 13.3. The van der Waals surface area contributed by atoms with Crippen LogP contribution in [0.25, 0.3) is 0 Å². The number of nitrogens with zero attached hydrogens (tertiary/aromatic N) is 1. The quantitative estimate of drug-likeness (QED) is 0.889. The highest BCUT2D eigenvalue weighted by Gasteiger charge is 2.38. The number of hydrogen-bond donors (Lipinski definition) is 1. The Bertz CT molecular complexity index is 462. The van der Waals surface area contributed by atoms with Crippen LogP contribution in [-0.2, 0) is 6.54 Å². The molecule has 1 aromatic carbocycles. The van der Waals surface area contributed by atoms with Crippen molar-refractivity contribution in [1.29, 1.82) is 0 Å². The highest BCUT2D eigenvalue weighted by Crippen LogP contribution is 2.29. The lowest BCUT2D eigenvalue weighted by molar-refractivity contribution is 0.0295. The van der Waals surface area contributed by atoms with Crippen molar-refractivity contribution in [2.45, 2.75) is 52.7 Å². The first-order valence-electron chi connectivity index (χ1n) is 7.41. The molecule has 112 valence electrons.